The normalized spacial score (nSPS) is 13.5. The van der Waals surface area contributed by atoms with Gasteiger partial charge in [0.05, 0.1) is 23.9 Å². The summed E-state index contributed by atoms with van der Waals surface area (Å²) in [5.41, 5.74) is 0.308. The molecule has 2 aromatic rings. The van der Waals surface area contributed by atoms with Crippen LogP contribution in [0.25, 0.3) is 0 Å². The maximum atomic E-state index is 13.4. The zero-order valence-electron chi connectivity index (χ0n) is 11.3. The maximum absolute atomic E-state index is 13.4. The largest absolute Gasteiger partial charge is 0.386 e. The third kappa shape index (κ3) is 3.61. The molecule has 2 N–H and O–H groups in total. The number of hydrogen-bond acceptors (Lipinski definition) is 3. The number of pyridine rings is 1. The summed E-state index contributed by atoms with van der Waals surface area (Å²) in [6.45, 7) is 1.57. The van der Waals surface area contributed by atoms with E-state index < -0.39 is 29.7 Å². The fraction of sp³-hybridized carbons (Fsp3) is 0.200. The molecule has 1 amide bonds. The molecule has 0 radical (unpaired) electrons. The molecular formula is C15H14F2N2O2. The summed E-state index contributed by atoms with van der Waals surface area (Å²) in [5.74, 6) is -1.80. The van der Waals surface area contributed by atoms with Gasteiger partial charge < -0.3 is 10.4 Å². The number of hydrogen-bond donors (Lipinski definition) is 2. The first-order valence-electron chi connectivity index (χ1n) is 6.33. The Kier molecular flexibility index (Phi) is 4.59. The summed E-state index contributed by atoms with van der Waals surface area (Å²) in [5, 5.41) is 12.6. The molecule has 2 unspecified atom stereocenters. The van der Waals surface area contributed by atoms with Crippen molar-refractivity contribution in [2.24, 2.45) is 0 Å². The fourth-order valence-electron chi connectivity index (χ4n) is 1.87. The number of nitrogens with one attached hydrogen (secondary N) is 1. The molecular weight excluding hydrogens is 278 g/mol. The number of aliphatic hydroxyl groups excluding tert-OH is 1. The molecule has 1 aromatic carbocycles. The van der Waals surface area contributed by atoms with Gasteiger partial charge in [0.15, 0.2) is 5.82 Å². The van der Waals surface area contributed by atoms with Crippen LogP contribution in [0.15, 0.2) is 42.7 Å². The summed E-state index contributed by atoms with van der Waals surface area (Å²) in [6.07, 6.45) is 1.22. The van der Waals surface area contributed by atoms with Crippen molar-refractivity contribution in [3.8, 4) is 0 Å². The lowest BCUT2D eigenvalue weighted by Crippen LogP contribution is -2.37. The molecule has 0 fully saturated rings. The highest BCUT2D eigenvalue weighted by Gasteiger charge is 2.20. The highest BCUT2D eigenvalue weighted by Crippen LogP contribution is 2.17. The number of nitrogens with zero attached hydrogens (tertiary/aromatic N) is 1. The number of carbonyl (C=O) groups is 1. The molecule has 21 heavy (non-hydrogen) atoms. The third-order valence-electron chi connectivity index (χ3n) is 3.06. The Morgan fingerprint density at radius 2 is 1.90 bits per heavy atom. The van der Waals surface area contributed by atoms with Crippen LogP contribution in [-0.2, 0) is 0 Å². The summed E-state index contributed by atoms with van der Waals surface area (Å²) < 4.78 is 26.3. The molecule has 6 heteroatoms. The predicted octanol–water partition coefficient (Wildman–Crippen LogP) is 2.21. The first-order chi connectivity index (χ1) is 9.99. The molecule has 0 spiro atoms. The van der Waals surface area contributed by atoms with Gasteiger partial charge in [-0.3, -0.25) is 9.78 Å². The summed E-state index contributed by atoms with van der Waals surface area (Å²) in [6, 6.07) is 5.87. The number of amides is 1. The van der Waals surface area contributed by atoms with Gasteiger partial charge in [0.2, 0.25) is 0 Å². The minimum absolute atomic E-state index is 0.150. The predicted molar refractivity (Wildman–Crippen MR) is 72.5 cm³/mol. The second kappa shape index (κ2) is 6.41. The van der Waals surface area contributed by atoms with E-state index in [0.29, 0.717) is 5.56 Å². The molecule has 2 atom stereocenters. The first kappa shape index (κ1) is 15.1. The summed E-state index contributed by atoms with van der Waals surface area (Å²) in [7, 11) is 0. The van der Waals surface area contributed by atoms with Crippen molar-refractivity contribution in [1.82, 2.24) is 10.3 Å². The van der Waals surface area contributed by atoms with Crippen LogP contribution in [0.5, 0.6) is 0 Å². The SMILES string of the molecule is CC(NC(=O)c1ccncc1F)C(O)c1ccc(F)cc1. The van der Waals surface area contributed by atoms with Gasteiger partial charge >= 0.3 is 0 Å². The monoisotopic (exact) mass is 292 g/mol. The summed E-state index contributed by atoms with van der Waals surface area (Å²) >= 11 is 0. The molecule has 1 aromatic heterocycles. The number of aromatic nitrogens is 1. The van der Waals surface area contributed by atoms with E-state index in [0.717, 1.165) is 6.20 Å². The van der Waals surface area contributed by atoms with E-state index >= 15 is 0 Å². The van der Waals surface area contributed by atoms with Crippen LogP contribution in [0.1, 0.15) is 28.9 Å². The van der Waals surface area contributed by atoms with Gasteiger partial charge in [-0.05, 0) is 30.7 Å². The number of aliphatic hydroxyl groups is 1. The van der Waals surface area contributed by atoms with E-state index in [1.807, 2.05) is 0 Å². The van der Waals surface area contributed by atoms with Gasteiger partial charge in [-0.15, -0.1) is 0 Å². The Balaban J connectivity index is 2.07. The number of rotatable bonds is 4. The zero-order valence-corrected chi connectivity index (χ0v) is 11.3. The maximum Gasteiger partial charge on any atom is 0.254 e. The van der Waals surface area contributed by atoms with Gasteiger partial charge in [-0.1, -0.05) is 12.1 Å². The van der Waals surface area contributed by atoms with Gasteiger partial charge in [0.25, 0.3) is 5.91 Å². The highest BCUT2D eigenvalue weighted by molar-refractivity contribution is 5.94. The number of halogens is 2. The van der Waals surface area contributed by atoms with E-state index in [1.165, 1.54) is 36.5 Å². The average molecular weight is 292 g/mol. The van der Waals surface area contributed by atoms with Crippen molar-refractivity contribution < 1.29 is 18.7 Å². The van der Waals surface area contributed by atoms with Crippen molar-refractivity contribution >= 4 is 5.91 Å². The molecule has 110 valence electrons. The Morgan fingerprint density at radius 3 is 2.52 bits per heavy atom. The smallest absolute Gasteiger partial charge is 0.254 e. The molecule has 0 aliphatic rings. The van der Waals surface area contributed by atoms with Crippen molar-refractivity contribution in [2.75, 3.05) is 0 Å². The minimum atomic E-state index is -1.03. The average Bonchev–Trinajstić information content (AvgIpc) is 2.47. The molecule has 0 saturated heterocycles. The Labute approximate surface area is 120 Å². The van der Waals surface area contributed by atoms with Crippen molar-refractivity contribution in [3.05, 3.63) is 65.5 Å². The lowest BCUT2D eigenvalue weighted by Gasteiger charge is -2.20. The zero-order chi connectivity index (χ0) is 15.4. The molecule has 0 aliphatic carbocycles. The Hall–Kier alpha value is -2.34. The van der Waals surface area contributed by atoms with E-state index in [4.69, 9.17) is 0 Å². The second-order valence-electron chi connectivity index (χ2n) is 4.61. The van der Waals surface area contributed by atoms with Crippen LogP contribution in [0.3, 0.4) is 0 Å². The van der Waals surface area contributed by atoms with Crippen LogP contribution in [-0.4, -0.2) is 22.0 Å². The quantitative estimate of drug-likeness (QED) is 0.908. The Bertz CT molecular complexity index is 632. The van der Waals surface area contributed by atoms with Crippen molar-refractivity contribution in [2.45, 2.75) is 19.1 Å². The van der Waals surface area contributed by atoms with Gasteiger partial charge in [0, 0.05) is 6.20 Å². The second-order valence-corrected chi connectivity index (χ2v) is 4.61. The van der Waals surface area contributed by atoms with Crippen LogP contribution in [0.2, 0.25) is 0 Å². The fourth-order valence-corrected chi connectivity index (χ4v) is 1.87. The van der Waals surface area contributed by atoms with Crippen LogP contribution in [0, 0.1) is 11.6 Å². The van der Waals surface area contributed by atoms with Crippen LogP contribution >= 0.6 is 0 Å². The van der Waals surface area contributed by atoms with Crippen LogP contribution < -0.4 is 5.32 Å². The van der Waals surface area contributed by atoms with Crippen molar-refractivity contribution in [1.29, 1.82) is 0 Å². The van der Waals surface area contributed by atoms with E-state index in [1.54, 1.807) is 6.92 Å². The number of carbonyl (C=O) groups excluding carboxylic acids is 1. The van der Waals surface area contributed by atoms with Crippen LogP contribution in [0.4, 0.5) is 8.78 Å². The number of benzene rings is 1. The van der Waals surface area contributed by atoms with Crippen molar-refractivity contribution in [3.63, 3.8) is 0 Å². The molecule has 2 rings (SSSR count). The first-order valence-corrected chi connectivity index (χ1v) is 6.33. The molecule has 1 heterocycles. The van der Waals surface area contributed by atoms with Gasteiger partial charge in [0.1, 0.15) is 5.82 Å². The van der Waals surface area contributed by atoms with Gasteiger partial charge in [-0.2, -0.15) is 0 Å². The molecule has 4 nitrogen and oxygen atoms in total. The molecule has 0 aliphatic heterocycles. The Morgan fingerprint density at radius 1 is 1.24 bits per heavy atom. The lowest BCUT2D eigenvalue weighted by molar-refractivity contribution is 0.0848. The van der Waals surface area contributed by atoms with E-state index in [9.17, 15) is 18.7 Å². The lowest BCUT2D eigenvalue weighted by atomic mass is 10.0. The molecule has 0 bridgehead atoms. The van der Waals surface area contributed by atoms with E-state index in [2.05, 4.69) is 10.3 Å². The molecule has 0 saturated carbocycles. The highest BCUT2D eigenvalue weighted by atomic mass is 19.1. The standard InChI is InChI=1S/C15H14F2N2O2/c1-9(14(20)10-2-4-11(16)5-3-10)19-15(21)12-6-7-18-8-13(12)17/h2-9,14,20H,1H3,(H,19,21). The topological polar surface area (TPSA) is 62.2 Å². The summed E-state index contributed by atoms with van der Waals surface area (Å²) in [4.78, 5) is 15.5. The minimum Gasteiger partial charge on any atom is -0.386 e. The van der Waals surface area contributed by atoms with E-state index in [-0.39, 0.29) is 5.56 Å². The van der Waals surface area contributed by atoms with Gasteiger partial charge in [-0.25, -0.2) is 8.78 Å². The third-order valence-corrected chi connectivity index (χ3v) is 3.06.